The number of anilines is 1. The molecule has 4 rings (SSSR count). The first kappa shape index (κ1) is 13.5. The van der Waals surface area contributed by atoms with Gasteiger partial charge in [0.2, 0.25) is 0 Å². The summed E-state index contributed by atoms with van der Waals surface area (Å²) < 4.78 is 0. The van der Waals surface area contributed by atoms with Crippen LogP contribution in [0, 0.1) is 0 Å². The number of ketones is 2. The van der Waals surface area contributed by atoms with E-state index in [4.69, 9.17) is 5.73 Å². The van der Waals surface area contributed by atoms with Crippen LogP contribution in [-0.4, -0.2) is 11.6 Å². The van der Waals surface area contributed by atoms with Gasteiger partial charge in [-0.3, -0.25) is 9.59 Å². The van der Waals surface area contributed by atoms with Crippen molar-refractivity contribution in [2.45, 2.75) is 0 Å². The Morgan fingerprint density at radius 2 is 1.13 bits per heavy atom. The second-order valence-electron chi connectivity index (χ2n) is 5.55. The van der Waals surface area contributed by atoms with E-state index >= 15 is 0 Å². The Kier molecular flexibility index (Phi) is 2.88. The van der Waals surface area contributed by atoms with Crippen LogP contribution in [0.3, 0.4) is 0 Å². The summed E-state index contributed by atoms with van der Waals surface area (Å²) in [6.45, 7) is 0. The molecular formula is C20H13NO2. The zero-order valence-electron chi connectivity index (χ0n) is 12.2. The molecule has 3 heteroatoms. The second kappa shape index (κ2) is 4.92. The molecule has 23 heavy (non-hydrogen) atoms. The highest BCUT2D eigenvalue weighted by Gasteiger charge is 2.31. The maximum Gasteiger partial charge on any atom is 0.195 e. The fraction of sp³-hybridized carbons (Fsp3) is 0. The molecule has 1 aliphatic carbocycles. The Morgan fingerprint density at radius 3 is 1.83 bits per heavy atom. The van der Waals surface area contributed by atoms with E-state index in [2.05, 4.69) is 0 Å². The SMILES string of the molecule is Nc1ccc(-c2cccc3c2C(=O)c2ccccc2C3=O)cc1. The number of hydrogen-bond donors (Lipinski definition) is 1. The smallest absolute Gasteiger partial charge is 0.195 e. The molecule has 0 bridgehead atoms. The van der Waals surface area contributed by atoms with Crippen molar-refractivity contribution >= 4 is 17.3 Å². The van der Waals surface area contributed by atoms with Crippen LogP contribution in [0.2, 0.25) is 0 Å². The van der Waals surface area contributed by atoms with Crippen LogP contribution < -0.4 is 5.73 Å². The molecule has 3 aromatic rings. The molecule has 0 fully saturated rings. The van der Waals surface area contributed by atoms with E-state index in [1.807, 2.05) is 24.3 Å². The lowest BCUT2D eigenvalue weighted by atomic mass is 9.80. The fourth-order valence-electron chi connectivity index (χ4n) is 3.05. The number of carbonyl (C=O) groups is 2. The Labute approximate surface area is 133 Å². The van der Waals surface area contributed by atoms with Gasteiger partial charge < -0.3 is 5.73 Å². The normalized spacial score (nSPS) is 12.7. The Morgan fingerprint density at radius 1 is 0.565 bits per heavy atom. The number of nitrogen functional groups attached to an aromatic ring is 1. The van der Waals surface area contributed by atoms with Crippen LogP contribution in [0.1, 0.15) is 31.8 Å². The molecule has 0 aromatic heterocycles. The van der Waals surface area contributed by atoms with Crippen LogP contribution in [0.5, 0.6) is 0 Å². The van der Waals surface area contributed by atoms with Gasteiger partial charge in [0.25, 0.3) is 0 Å². The van der Waals surface area contributed by atoms with Crippen LogP contribution in [0.25, 0.3) is 11.1 Å². The van der Waals surface area contributed by atoms with Crippen molar-refractivity contribution < 1.29 is 9.59 Å². The Balaban J connectivity index is 1.99. The van der Waals surface area contributed by atoms with Gasteiger partial charge in [0.05, 0.1) is 0 Å². The van der Waals surface area contributed by atoms with Gasteiger partial charge in [-0.25, -0.2) is 0 Å². The van der Waals surface area contributed by atoms with Gasteiger partial charge in [0, 0.05) is 27.9 Å². The molecule has 0 atom stereocenters. The summed E-state index contributed by atoms with van der Waals surface area (Å²) in [5.41, 5.74) is 9.90. The van der Waals surface area contributed by atoms with E-state index in [9.17, 15) is 9.59 Å². The van der Waals surface area contributed by atoms with Gasteiger partial charge in [-0.1, -0.05) is 54.6 Å². The van der Waals surface area contributed by atoms with Gasteiger partial charge in [-0.2, -0.15) is 0 Å². The first-order chi connectivity index (χ1) is 11.2. The standard InChI is InChI=1S/C20H13NO2/c21-13-10-8-12(9-11-13)14-6-3-7-17-18(14)20(23)16-5-2-1-4-15(16)19(17)22/h1-11H,21H2. The van der Waals surface area contributed by atoms with Crippen LogP contribution in [0.15, 0.2) is 66.7 Å². The van der Waals surface area contributed by atoms with Crippen molar-refractivity contribution in [2.75, 3.05) is 5.73 Å². The lowest BCUT2D eigenvalue weighted by Gasteiger charge is -2.20. The number of benzene rings is 3. The maximum atomic E-state index is 12.9. The molecule has 1 aliphatic rings. The minimum Gasteiger partial charge on any atom is -0.399 e. The molecular weight excluding hydrogens is 286 g/mol. The zero-order valence-corrected chi connectivity index (χ0v) is 12.2. The van der Waals surface area contributed by atoms with Crippen molar-refractivity contribution in [2.24, 2.45) is 0 Å². The molecule has 2 N–H and O–H groups in total. The molecule has 0 saturated heterocycles. The summed E-state index contributed by atoms with van der Waals surface area (Å²) in [4.78, 5) is 25.7. The number of hydrogen-bond acceptors (Lipinski definition) is 3. The second-order valence-corrected chi connectivity index (χ2v) is 5.55. The summed E-state index contributed by atoms with van der Waals surface area (Å²) in [5.74, 6) is -0.213. The monoisotopic (exact) mass is 299 g/mol. The quantitative estimate of drug-likeness (QED) is 0.545. The topological polar surface area (TPSA) is 60.2 Å². The van der Waals surface area contributed by atoms with E-state index in [1.165, 1.54) is 0 Å². The van der Waals surface area contributed by atoms with Gasteiger partial charge in [0.15, 0.2) is 11.6 Å². The summed E-state index contributed by atoms with van der Waals surface area (Å²) >= 11 is 0. The number of fused-ring (bicyclic) bond motifs is 2. The van der Waals surface area contributed by atoms with Crippen molar-refractivity contribution in [3.63, 3.8) is 0 Å². The van der Waals surface area contributed by atoms with Crippen LogP contribution in [-0.2, 0) is 0 Å². The lowest BCUT2D eigenvalue weighted by Crippen LogP contribution is -2.21. The molecule has 0 aliphatic heterocycles. The van der Waals surface area contributed by atoms with E-state index in [-0.39, 0.29) is 11.6 Å². The highest BCUT2D eigenvalue weighted by molar-refractivity contribution is 6.30. The molecule has 0 heterocycles. The third-order valence-corrected chi connectivity index (χ3v) is 4.17. The van der Waals surface area contributed by atoms with Crippen LogP contribution in [0.4, 0.5) is 5.69 Å². The predicted octanol–water partition coefficient (Wildman–Crippen LogP) is 3.71. The van der Waals surface area contributed by atoms with Gasteiger partial charge in [0.1, 0.15) is 0 Å². The molecule has 0 spiro atoms. The number of carbonyl (C=O) groups excluding carboxylic acids is 2. The summed E-state index contributed by atoms with van der Waals surface area (Å²) in [6, 6.07) is 19.7. The molecule has 0 saturated carbocycles. The molecule has 3 nitrogen and oxygen atoms in total. The van der Waals surface area contributed by atoms with E-state index < -0.39 is 0 Å². The van der Waals surface area contributed by atoms with E-state index in [0.29, 0.717) is 27.9 Å². The fourth-order valence-corrected chi connectivity index (χ4v) is 3.05. The maximum absolute atomic E-state index is 12.9. The third kappa shape index (κ3) is 1.98. The summed E-state index contributed by atoms with van der Waals surface area (Å²) in [5, 5.41) is 0. The van der Waals surface area contributed by atoms with Gasteiger partial charge in [-0.15, -0.1) is 0 Å². The van der Waals surface area contributed by atoms with Crippen molar-refractivity contribution in [1.82, 2.24) is 0 Å². The van der Waals surface area contributed by atoms with Crippen molar-refractivity contribution in [1.29, 1.82) is 0 Å². The highest BCUT2D eigenvalue weighted by Crippen LogP contribution is 2.34. The minimum absolute atomic E-state index is 0.104. The molecule has 110 valence electrons. The summed E-state index contributed by atoms with van der Waals surface area (Å²) in [7, 11) is 0. The first-order valence-corrected chi connectivity index (χ1v) is 7.34. The Bertz CT molecular complexity index is 956. The summed E-state index contributed by atoms with van der Waals surface area (Å²) in [6.07, 6.45) is 0. The molecule has 0 amide bonds. The number of nitrogens with two attached hydrogens (primary N) is 1. The van der Waals surface area contributed by atoms with Gasteiger partial charge in [-0.05, 0) is 23.3 Å². The number of rotatable bonds is 1. The van der Waals surface area contributed by atoms with Crippen LogP contribution >= 0.6 is 0 Å². The van der Waals surface area contributed by atoms with Crippen molar-refractivity contribution in [3.05, 3.63) is 89.0 Å². The van der Waals surface area contributed by atoms with Gasteiger partial charge >= 0.3 is 0 Å². The molecule has 3 aromatic carbocycles. The zero-order chi connectivity index (χ0) is 16.0. The average molecular weight is 299 g/mol. The highest BCUT2D eigenvalue weighted by atomic mass is 16.1. The molecule has 0 unspecified atom stereocenters. The minimum atomic E-state index is -0.109. The van der Waals surface area contributed by atoms with Crippen molar-refractivity contribution in [3.8, 4) is 11.1 Å². The average Bonchev–Trinajstić information content (AvgIpc) is 2.60. The van der Waals surface area contributed by atoms with E-state index in [0.717, 1.165) is 11.1 Å². The largest absolute Gasteiger partial charge is 0.399 e. The Hall–Kier alpha value is -3.20. The molecule has 0 radical (unpaired) electrons. The predicted molar refractivity (Wildman–Crippen MR) is 89.6 cm³/mol. The first-order valence-electron chi connectivity index (χ1n) is 7.34. The third-order valence-electron chi connectivity index (χ3n) is 4.17. The van der Waals surface area contributed by atoms with E-state index in [1.54, 1.807) is 42.5 Å². The lowest BCUT2D eigenvalue weighted by molar-refractivity contribution is 0.0979.